The van der Waals surface area contributed by atoms with Gasteiger partial charge in [-0.25, -0.2) is 0 Å². The summed E-state index contributed by atoms with van der Waals surface area (Å²) in [6.07, 6.45) is 9.12. The van der Waals surface area contributed by atoms with Gasteiger partial charge in [0.05, 0.1) is 0 Å². The zero-order chi connectivity index (χ0) is 12.1. The number of thioether (sulfide) groups is 1. The maximum atomic E-state index is 11.4. The summed E-state index contributed by atoms with van der Waals surface area (Å²) in [5.41, 5.74) is 0.598. The minimum absolute atomic E-state index is 0.124. The molecule has 0 aliphatic heterocycles. The maximum absolute atomic E-state index is 11.4. The van der Waals surface area contributed by atoms with Crippen molar-refractivity contribution in [1.29, 1.82) is 0 Å². The minimum atomic E-state index is 0.124. The maximum Gasteiger partial charge on any atom is 0.180 e. The topological polar surface area (TPSA) is 30.0 Å². The Kier molecular flexibility index (Phi) is 4.60. The predicted molar refractivity (Wildman–Crippen MR) is 71.6 cm³/mol. The van der Waals surface area contributed by atoms with Crippen molar-refractivity contribution in [3.05, 3.63) is 24.0 Å². The van der Waals surface area contributed by atoms with E-state index in [0.717, 1.165) is 5.25 Å². The van der Waals surface area contributed by atoms with Gasteiger partial charge in [0.2, 0.25) is 0 Å². The average Bonchev–Trinajstić information content (AvgIpc) is 2.40. The molecular formula is C14H19NOS. The highest BCUT2D eigenvalue weighted by Gasteiger charge is 2.14. The number of pyridine rings is 1. The van der Waals surface area contributed by atoms with Gasteiger partial charge in [0.1, 0.15) is 5.69 Å². The van der Waals surface area contributed by atoms with Gasteiger partial charge in [0, 0.05) is 22.8 Å². The number of aromatic nitrogens is 1. The van der Waals surface area contributed by atoms with Crippen molar-refractivity contribution < 1.29 is 4.79 Å². The molecule has 2 nitrogen and oxygen atoms in total. The van der Waals surface area contributed by atoms with Crippen LogP contribution in [0.15, 0.2) is 23.2 Å². The summed E-state index contributed by atoms with van der Waals surface area (Å²) in [6.45, 7) is 1.87. The molecule has 0 N–H and O–H groups in total. The molecule has 1 heterocycles. The van der Waals surface area contributed by atoms with Gasteiger partial charge >= 0.3 is 0 Å². The summed E-state index contributed by atoms with van der Waals surface area (Å²) in [4.78, 5) is 16.9. The molecule has 0 atom stereocenters. The van der Waals surface area contributed by atoms with E-state index in [2.05, 4.69) is 4.98 Å². The number of Topliss-reactive ketones (excluding diaryl/α,β-unsaturated/α-hetero) is 1. The van der Waals surface area contributed by atoms with Gasteiger partial charge in [0.15, 0.2) is 5.78 Å². The first kappa shape index (κ1) is 12.6. The lowest BCUT2D eigenvalue weighted by atomic mass is 10.0. The van der Waals surface area contributed by atoms with E-state index in [4.69, 9.17) is 0 Å². The minimum Gasteiger partial charge on any atom is -0.292 e. The fourth-order valence-corrected chi connectivity index (χ4v) is 3.39. The quantitative estimate of drug-likeness (QED) is 0.752. The van der Waals surface area contributed by atoms with Crippen molar-refractivity contribution in [3.8, 4) is 0 Å². The molecule has 17 heavy (non-hydrogen) atoms. The summed E-state index contributed by atoms with van der Waals surface area (Å²) < 4.78 is 0. The van der Waals surface area contributed by atoms with Crippen LogP contribution in [-0.4, -0.2) is 16.0 Å². The van der Waals surface area contributed by atoms with E-state index in [9.17, 15) is 4.79 Å². The van der Waals surface area contributed by atoms with Crippen molar-refractivity contribution >= 4 is 17.5 Å². The Morgan fingerprint density at radius 2 is 2.12 bits per heavy atom. The molecule has 1 saturated carbocycles. The van der Waals surface area contributed by atoms with E-state index in [1.165, 1.54) is 37.0 Å². The molecule has 0 unspecified atom stereocenters. The lowest BCUT2D eigenvalue weighted by molar-refractivity contribution is 0.0983. The summed E-state index contributed by atoms with van der Waals surface area (Å²) in [6, 6.07) is 3.89. The van der Waals surface area contributed by atoms with E-state index in [1.54, 1.807) is 0 Å². The molecule has 0 aromatic carbocycles. The third-order valence-electron chi connectivity index (χ3n) is 3.20. The van der Waals surface area contributed by atoms with Crippen LogP contribution in [0.25, 0.3) is 0 Å². The molecule has 1 aliphatic rings. The van der Waals surface area contributed by atoms with Crippen LogP contribution in [0, 0.1) is 0 Å². The van der Waals surface area contributed by atoms with Crippen LogP contribution in [0.2, 0.25) is 0 Å². The lowest BCUT2D eigenvalue weighted by Crippen LogP contribution is -2.08. The van der Waals surface area contributed by atoms with Crippen molar-refractivity contribution in [2.24, 2.45) is 0 Å². The molecule has 1 aliphatic carbocycles. The number of nitrogens with zero attached hydrogens (tertiary/aromatic N) is 1. The van der Waals surface area contributed by atoms with Crippen molar-refractivity contribution in [2.45, 2.75) is 55.6 Å². The number of hydrogen-bond acceptors (Lipinski definition) is 3. The number of hydrogen-bond donors (Lipinski definition) is 0. The standard InChI is InChI=1S/C14H19NOS/c1-2-14(16)13-9-8-12(10-15-13)17-11-6-4-3-5-7-11/h8-11H,2-7H2,1H3. The Morgan fingerprint density at radius 3 is 2.71 bits per heavy atom. The second kappa shape index (κ2) is 6.20. The Hall–Kier alpha value is -0.830. The van der Waals surface area contributed by atoms with Gasteiger partial charge in [-0.05, 0) is 25.0 Å². The summed E-state index contributed by atoms with van der Waals surface area (Å²) >= 11 is 1.92. The van der Waals surface area contributed by atoms with Crippen LogP contribution < -0.4 is 0 Å². The average molecular weight is 249 g/mol. The molecule has 0 amide bonds. The molecule has 1 aromatic heterocycles. The largest absolute Gasteiger partial charge is 0.292 e. The van der Waals surface area contributed by atoms with E-state index < -0.39 is 0 Å². The fourth-order valence-electron chi connectivity index (χ4n) is 2.17. The first-order valence-corrected chi connectivity index (χ1v) is 7.33. The molecule has 3 heteroatoms. The van der Waals surface area contributed by atoms with E-state index >= 15 is 0 Å². The number of carbonyl (C=O) groups excluding carboxylic acids is 1. The lowest BCUT2D eigenvalue weighted by Gasteiger charge is -2.20. The van der Waals surface area contributed by atoms with E-state index in [1.807, 2.05) is 37.0 Å². The molecule has 0 bridgehead atoms. The van der Waals surface area contributed by atoms with Gasteiger partial charge in [-0.3, -0.25) is 9.78 Å². The highest BCUT2D eigenvalue weighted by molar-refractivity contribution is 8.00. The highest BCUT2D eigenvalue weighted by Crippen LogP contribution is 2.33. The van der Waals surface area contributed by atoms with E-state index in [0.29, 0.717) is 12.1 Å². The number of carbonyl (C=O) groups is 1. The first-order chi connectivity index (χ1) is 8.29. The number of ketones is 1. The van der Waals surface area contributed by atoms with Crippen LogP contribution in [-0.2, 0) is 0 Å². The monoisotopic (exact) mass is 249 g/mol. The summed E-state index contributed by atoms with van der Waals surface area (Å²) in [7, 11) is 0. The van der Waals surface area contributed by atoms with Crippen molar-refractivity contribution in [2.75, 3.05) is 0 Å². The Bertz CT molecular complexity index is 368. The molecular weight excluding hydrogens is 230 g/mol. The summed E-state index contributed by atoms with van der Waals surface area (Å²) in [5, 5.41) is 0.748. The zero-order valence-electron chi connectivity index (χ0n) is 10.3. The van der Waals surface area contributed by atoms with Crippen LogP contribution in [0.1, 0.15) is 55.9 Å². The first-order valence-electron chi connectivity index (χ1n) is 6.45. The summed E-state index contributed by atoms with van der Waals surface area (Å²) in [5.74, 6) is 0.124. The smallest absolute Gasteiger partial charge is 0.180 e. The Morgan fingerprint density at radius 1 is 1.35 bits per heavy atom. The van der Waals surface area contributed by atoms with Gasteiger partial charge in [0.25, 0.3) is 0 Å². The predicted octanol–water partition coefficient (Wildman–Crippen LogP) is 4.10. The molecule has 1 aromatic rings. The van der Waals surface area contributed by atoms with Gasteiger partial charge < -0.3 is 0 Å². The second-order valence-corrected chi connectivity index (χ2v) is 5.91. The van der Waals surface area contributed by atoms with Gasteiger partial charge in [-0.15, -0.1) is 11.8 Å². The highest BCUT2D eigenvalue weighted by atomic mass is 32.2. The van der Waals surface area contributed by atoms with E-state index in [-0.39, 0.29) is 5.78 Å². The zero-order valence-corrected chi connectivity index (χ0v) is 11.1. The third-order valence-corrected chi connectivity index (χ3v) is 4.52. The van der Waals surface area contributed by atoms with Crippen molar-refractivity contribution in [1.82, 2.24) is 4.98 Å². The van der Waals surface area contributed by atoms with Gasteiger partial charge in [-0.2, -0.15) is 0 Å². The van der Waals surface area contributed by atoms with Crippen LogP contribution >= 0.6 is 11.8 Å². The molecule has 0 spiro atoms. The SMILES string of the molecule is CCC(=O)c1ccc(SC2CCCCC2)cn1. The van der Waals surface area contributed by atoms with Gasteiger partial charge in [-0.1, -0.05) is 26.2 Å². The normalized spacial score (nSPS) is 17.0. The third kappa shape index (κ3) is 3.56. The molecule has 2 rings (SSSR count). The fraction of sp³-hybridized carbons (Fsp3) is 0.571. The number of rotatable bonds is 4. The van der Waals surface area contributed by atoms with Crippen LogP contribution in [0.3, 0.4) is 0 Å². The molecule has 1 fully saturated rings. The molecule has 0 radical (unpaired) electrons. The van der Waals surface area contributed by atoms with Crippen LogP contribution in [0.4, 0.5) is 0 Å². The Labute approximate surface area is 107 Å². The Balaban J connectivity index is 1.95. The second-order valence-electron chi connectivity index (χ2n) is 4.53. The van der Waals surface area contributed by atoms with Crippen molar-refractivity contribution in [3.63, 3.8) is 0 Å². The molecule has 0 saturated heterocycles. The molecule has 92 valence electrons. The van der Waals surface area contributed by atoms with Crippen LogP contribution in [0.5, 0.6) is 0 Å².